The molecule has 14 heavy (non-hydrogen) atoms. The van der Waals surface area contributed by atoms with Crippen molar-refractivity contribution in [2.75, 3.05) is 19.7 Å². The van der Waals surface area contributed by atoms with Crippen molar-refractivity contribution in [2.24, 2.45) is 0 Å². The van der Waals surface area contributed by atoms with E-state index in [4.69, 9.17) is 4.74 Å². The van der Waals surface area contributed by atoms with Crippen molar-refractivity contribution in [3.05, 3.63) is 0 Å². The number of nitrogens with one attached hydrogen (secondary N) is 1. The lowest BCUT2D eigenvalue weighted by molar-refractivity contribution is 0.0757. The van der Waals surface area contributed by atoms with Gasteiger partial charge in [0.15, 0.2) is 0 Å². The second-order valence-corrected chi connectivity index (χ2v) is 4.08. The summed E-state index contributed by atoms with van der Waals surface area (Å²) in [6, 6.07) is 0. The van der Waals surface area contributed by atoms with Gasteiger partial charge in [-0.2, -0.15) is 0 Å². The van der Waals surface area contributed by atoms with Gasteiger partial charge in [-0.25, -0.2) is 0 Å². The number of unbranched alkanes of at least 4 members (excludes halogenated alkanes) is 3. The second-order valence-electron chi connectivity index (χ2n) is 4.08. The molecule has 0 fully saturated rings. The fourth-order valence-electron chi connectivity index (χ4n) is 1.33. The van der Waals surface area contributed by atoms with E-state index in [0.717, 1.165) is 13.2 Å². The van der Waals surface area contributed by atoms with Gasteiger partial charge in [0, 0.05) is 6.61 Å². The molecule has 0 aromatic heterocycles. The highest BCUT2D eigenvalue weighted by Crippen LogP contribution is 2.00. The third-order valence-corrected chi connectivity index (χ3v) is 2.13. The average Bonchev–Trinajstić information content (AvgIpc) is 2.15. The van der Waals surface area contributed by atoms with Crippen LogP contribution in [-0.2, 0) is 4.74 Å². The fraction of sp³-hybridized carbons (Fsp3) is 1.00. The first kappa shape index (κ1) is 13.9. The Morgan fingerprint density at radius 2 is 1.71 bits per heavy atom. The smallest absolute Gasteiger partial charge is 0.0518 e. The standard InChI is InChI=1S/C12H27NO/c1-4-9-13-10-7-5-6-8-11-14-12(2)3/h12-13H,4-11H2,1-3H3. The first-order valence-corrected chi connectivity index (χ1v) is 6.09. The van der Waals surface area contributed by atoms with Gasteiger partial charge < -0.3 is 10.1 Å². The third kappa shape index (κ3) is 11.9. The Bertz CT molecular complexity index is 104. The van der Waals surface area contributed by atoms with Crippen LogP contribution in [-0.4, -0.2) is 25.8 Å². The molecule has 2 nitrogen and oxygen atoms in total. The molecular weight excluding hydrogens is 174 g/mol. The predicted molar refractivity (Wildman–Crippen MR) is 62.7 cm³/mol. The molecular formula is C12H27NO. The Balaban J connectivity index is 2.85. The van der Waals surface area contributed by atoms with Crippen molar-refractivity contribution in [1.29, 1.82) is 0 Å². The summed E-state index contributed by atoms with van der Waals surface area (Å²) in [5.74, 6) is 0. The molecule has 0 radical (unpaired) electrons. The van der Waals surface area contributed by atoms with Crippen LogP contribution in [0.25, 0.3) is 0 Å². The van der Waals surface area contributed by atoms with Crippen LogP contribution in [0.4, 0.5) is 0 Å². The topological polar surface area (TPSA) is 21.3 Å². The molecule has 0 aromatic rings. The highest BCUT2D eigenvalue weighted by atomic mass is 16.5. The zero-order valence-electron chi connectivity index (χ0n) is 10.1. The Morgan fingerprint density at radius 3 is 2.36 bits per heavy atom. The van der Waals surface area contributed by atoms with E-state index >= 15 is 0 Å². The summed E-state index contributed by atoms with van der Waals surface area (Å²) in [6.07, 6.45) is 6.79. The van der Waals surface area contributed by atoms with Crippen LogP contribution in [0.3, 0.4) is 0 Å². The Kier molecular flexibility index (Phi) is 10.9. The first-order valence-electron chi connectivity index (χ1n) is 6.09. The molecule has 86 valence electrons. The van der Waals surface area contributed by atoms with Gasteiger partial charge >= 0.3 is 0 Å². The molecule has 1 N–H and O–H groups in total. The maximum absolute atomic E-state index is 5.47. The van der Waals surface area contributed by atoms with Crippen molar-refractivity contribution in [2.45, 2.75) is 59.0 Å². The molecule has 0 atom stereocenters. The quantitative estimate of drug-likeness (QED) is 0.549. The van der Waals surface area contributed by atoms with E-state index in [9.17, 15) is 0 Å². The van der Waals surface area contributed by atoms with E-state index in [1.54, 1.807) is 0 Å². The van der Waals surface area contributed by atoms with Gasteiger partial charge in [-0.15, -0.1) is 0 Å². The lowest BCUT2D eigenvalue weighted by Gasteiger charge is -2.07. The van der Waals surface area contributed by atoms with Crippen LogP contribution in [0, 0.1) is 0 Å². The molecule has 0 saturated carbocycles. The summed E-state index contributed by atoms with van der Waals surface area (Å²) in [4.78, 5) is 0. The van der Waals surface area contributed by atoms with Gasteiger partial charge in [-0.3, -0.25) is 0 Å². The molecule has 0 aliphatic heterocycles. The average molecular weight is 201 g/mol. The fourth-order valence-corrected chi connectivity index (χ4v) is 1.33. The van der Waals surface area contributed by atoms with Crippen LogP contribution in [0.5, 0.6) is 0 Å². The summed E-state index contributed by atoms with van der Waals surface area (Å²) < 4.78 is 5.47. The second kappa shape index (κ2) is 11.0. The minimum absolute atomic E-state index is 0.390. The molecule has 0 spiro atoms. The summed E-state index contributed by atoms with van der Waals surface area (Å²) in [7, 11) is 0. The van der Waals surface area contributed by atoms with E-state index in [-0.39, 0.29) is 0 Å². The van der Waals surface area contributed by atoms with Gasteiger partial charge in [0.05, 0.1) is 6.10 Å². The van der Waals surface area contributed by atoms with Crippen molar-refractivity contribution in [3.63, 3.8) is 0 Å². The van der Waals surface area contributed by atoms with Gasteiger partial charge in [-0.05, 0) is 46.2 Å². The lowest BCUT2D eigenvalue weighted by Crippen LogP contribution is -2.15. The van der Waals surface area contributed by atoms with Gasteiger partial charge in [-0.1, -0.05) is 19.8 Å². The van der Waals surface area contributed by atoms with Crippen LogP contribution >= 0.6 is 0 Å². The van der Waals surface area contributed by atoms with Gasteiger partial charge in [0.1, 0.15) is 0 Å². The van der Waals surface area contributed by atoms with E-state index in [1.165, 1.54) is 38.6 Å². The summed E-state index contributed by atoms with van der Waals surface area (Å²) in [5.41, 5.74) is 0. The van der Waals surface area contributed by atoms with E-state index in [2.05, 4.69) is 26.1 Å². The molecule has 0 amide bonds. The Labute approximate surface area is 89.4 Å². The molecule has 0 bridgehead atoms. The van der Waals surface area contributed by atoms with Crippen LogP contribution in [0.15, 0.2) is 0 Å². The molecule has 0 aliphatic rings. The molecule has 0 unspecified atom stereocenters. The highest BCUT2D eigenvalue weighted by molar-refractivity contribution is 4.48. The number of rotatable bonds is 10. The largest absolute Gasteiger partial charge is 0.379 e. The molecule has 0 aromatic carbocycles. The SMILES string of the molecule is CCCNCCCCCCOC(C)C. The Morgan fingerprint density at radius 1 is 1.00 bits per heavy atom. The van der Waals surface area contributed by atoms with Crippen LogP contribution < -0.4 is 5.32 Å². The molecule has 0 rings (SSSR count). The first-order chi connectivity index (χ1) is 6.77. The minimum Gasteiger partial charge on any atom is -0.379 e. The highest BCUT2D eigenvalue weighted by Gasteiger charge is 1.93. The number of hydrogen-bond donors (Lipinski definition) is 1. The molecule has 0 saturated heterocycles. The van der Waals surface area contributed by atoms with Crippen molar-refractivity contribution in [1.82, 2.24) is 5.32 Å². The normalized spacial score (nSPS) is 11.1. The summed E-state index contributed by atoms with van der Waals surface area (Å²) >= 11 is 0. The minimum atomic E-state index is 0.390. The van der Waals surface area contributed by atoms with Gasteiger partial charge in [0.25, 0.3) is 0 Å². The van der Waals surface area contributed by atoms with Crippen molar-refractivity contribution >= 4 is 0 Å². The van der Waals surface area contributed by atoms with Crippen molar-refractivity contribution < 1.29 is 4.74 Å². The van der Waals surface area contributed by atoms with E-state index in [0.29, 0.717) is 6.10 Å². The third-order valence-electron chi connectivity index (χ3n) is 2.13. The summed E-state index contributed by atoms with van der Waals surface area (Å²) in [5, 5.41) is 3.41. The van der Waals surface area contributed by atoms with Gasteiger partial charge in [0.2, 0.25) is 0 Å². The van der Waals surface area contributed by atoms with Crippen LogP contribution in [0.1, 0.15) is 52.9 Å². The van der Waals surface area contributed by atoms with Crippen LogP contribution in [0.2, 0.25) is 0 Å². The molecule has 0 aliphatic carbocycles. The zero-order valence-corrected chi connectivity index (χ0v) is 10.1. The predicted octanol–water partition coefficient (Wildman–Crippen LogP) is 2.97. The maximum Gasteiger partial charge on any atom is 0.0518 e. The van der Waals surface area contributed by atoms with E-state index in [1.807, 2.05) is 0 Å². The van der Waals surface area contributed by atoms with E-state index < -0.39 is 0 Å². The number of hydrogen-bond acceptors (Lipinski definition) is 2. The number of ether oxygens (including phenoxy) is 1. The molecule has 0 heterocycles. The molecule has 2 heteroatoms. The van der Waals surface area contributed by atoms with Crippen molar-refractivity contribution in [3.8, 4) is 0 Å². The Hall–Kier alpha value is -0.0800. The lowest BCUT2D eigenvalue weighted by atomic mass is 10.2. The summed E-state index contributed by atoms with van der Waals surface area (Å²) in [6.45, 7) is 9.66. The zero-order chi connectivity index (χ0) is 10.6. The monoisotopic (exact) mass is 201 g/mol. The maximum atomic E-state index is 5.47.